The molecule has 1 aromatic carbocycles. The summed E-state index contributed by atoms with van der Waals surface area (Å²) in [6.45, 7) is 1.78. The molecule has 1 heterocycles. The first-order valence-electron chi connectivity index (χ1n) is 7.79. The lowest BCUT2D eigenvalue weighted by molar-refractivity contribution is -0.139. The maximum atomic E-state index is 12.9. The topological polar surface area (TPSA) is 112 Å². The number of carbonyl (C=O) groups is 2. The van der Waals surface area contributed by atoms with Crippen molar-refractivity contribution in [3.05, 3.63) is 51.4 Å². The Bertz CT molecular complexity index is 1000. The highest BCUT2D eigenvalue weighted by Crippen LogP contribution is 2.32. The number of rotatable bonds is 7. The lowest BCUT2D eigenvalue weighted by Gasteiger charge is -2.15. The number of sulfonamides is 1. The van der Waals surface area contributed by atoms with E-state index in [2.05, 4.69) is 46.1 Å². The summed E-state index contributed by atoms with van der Waals surface area (Å²) < 4.78 is 43.1. The number of alkyl halides is 1. The maximum absolute atomic E-state index is 12.9. The fraction of sp³-hybridized carbons (Fsp3) is 0.294. The van der Waals surface area contributed by atoms with Crippen LogP contribution in [0.2, 0.25) is 0 Å². The molecule has 0 aliphatic heterocycles. The predicted octanol–water partition coefficient (Wildman–Crippen LogP) is 3.22. The van der Waals surface area contributed by atoms with Crippen molar-refractivity contribution >= 4 is 53.8 Å². The molecule has 8 nitrogen and oxygen atoms in total. The fourth-order valence-corrected chi connectivity index (χ4v) is 5.13. The van der Waals surface area contributed by atoms with Gasteiger partial charge in [-0.3, -0.25) is 4.79 Å². The molecule has 0 saturated heterocycles. The van der Waals surface area contributed by atoms with Crippen molar-refractivity contribution in [2.24, 2.45) is 0 Å². The van der Waals surface area contributed by atoms with Gasteiger partial charge < -0.3 is 13.9 Å². The number of halogens is 2. The summed E-state index contributed by atoms with van der Waals surface area (Å²) in [7, 11) is -1.66. The van der Waals surface area contributed by atoms with E-state index in [0.29, 0.717) is 0 Å². The van der Waals surface area contributed by atoms with Crippen LogP contribution in [0.25, 0.3) is 0 Å². The zero-order valence-electron chi connectivity index (χ0n) is 15.1. The summed E-state index contributed by atoms with van der Waals surface area (Å²) in [5, 5.41) is 0. The second-order valence-corrected chi connectivity index (χ2v) is 9.05. The van der Waals surface area contributed by atoms with E-state index in [4.69, 9.17) is 4.42 Å². The minimum atomic E-state index is -4.08. The van der Waals surface area contributed by atoms with Crippen LogP contribution in [0.5, 0.6) is 0 Å². The maximum Gasteiger partial charge on any atom is 0.341 e. The Labute approximate surface area is 178 Å². The number of esters is 2. The second kappa shape index (κ2) is 9.21. The molecule has 1 aromatic heterocycles. The van der Waals surface area contributed by atoms with Gasteiger partial charge in [0.05, 0.1) is 25.5 Å². The number of aryl methyl sites for hydroxylation is 1. The SMILES string of the molecule is COC(=O)Cc1cc(C)ccc1S(=O)(=O)NC(Br)c1oc(Br)cc1C(=O)OC. The Kier molecular flexibility index (Phi) is 7.43. The van der Waals surface area contributed by atoms with Crippen LogP contribution in [0, 0.1) is 6.92 Å². The van der Waals surface area contributed by atoms with Gasteiger partial charge in [0.15, 0.2) is 4.67 Å². The van der Waals surface area contributed by atoms with Crippen LogP contribution in [-0.2, 0) is 30.7 Å². The van der Waals surface area contributed by atoms with E-state index in [0.717, 1.165) is 5.56 Å². The van der Waals surface area contributed by atoms with Crippen LogP contribution < -0.4 is 4.72 Å². The van der Waals surface area contributed by atoms with Crippen molar-refractivity contribution in [3.63, 3.8) is 0 Å². The van der Waals surface area contributed by atoms with Gasteiger partial charge in [-0.25, -0.2) is 13.2 Å². The summed E-state index contributed by atoms with van der Waals surface area (Å²) in [5.41, 5.74) is 1.13. The Hall–Kier alpha value is -1.69. The molecular weight excluding hydrogens is 522 g/mol. The highest BCUT2D eigenvalue weighted by Gasteiger charge is 2.29. The normalized spacial score (nSPS) is 12.5. The lowest BCUT2D eigenvalue weighted by Crippen LogP contribution is -2.27. The number of hydrogen-bond donors (Lipinski definition) is 1. The largest absolute Gasteiger partial charge is 0.469 e. The van der Waals surface area contributed by atoms with Crippen molar-refractivity contribution in [2.45, 2.75) is 23.2 Å². The third kappa shape index (κ3) is 5.22. The van der Waals surface area contributed by atoms with E-state index < -0.39 is 26.9 Å². The highest BCUT2D eigenvalue weighted by atomic mass is 79.9. The highest BCUT2D eigenvalue weighted by molar-refractivity contribution is 9.10. The lowest BCUT2D eigenvalue weighted by atomic mass is 10.1. The minimum absolute atomic E-state index is 0.0175. The number of benzene rings is 1. The number of hydrogen-bond acceptors (Lipinski definition) is 7. The van der Waals surface area contributed by atoms with Crippen LogP contribution in [-0.4, -0.2) is 34.6 Å². The van der Waals surface area contributed by atoms with Crippen LogP contribution in [0.4, 0.5) is 0 Å². The van der Waals surface area contributed by atoms with Crippen molar-refractivity contribution in [1.82, 2.24) is 4.72 Å². The van der Waals surface area contributed by atoms with Crippen LogP contribution in [0.3, 0.4) is 0 Å². The van der Waals surface area contributed by atoms with Gasteiger partial charge in [-0.05, 0) is 34.5 Å². The molecule has 0 spiro atoms. The number of methoxy groups -OCH3 is 2. The zero-order valence-corrected chi connectivity index (χ0v) is 19.1. The summed E-state index contributed by atoms with van der Waals surface area (Å²) in [6, 6.07) is 5.98. The van der Waals surface area contributed by atoms with E-state index in [1.165, 1.54) is 26.4 Å². The van der Waals surface area contributed by atoms with E-state index in [1.54, 1.807) is 19.1 Å². The second-order valence-electron chi connectivity index (χ2n) is 5.67. The molecular formula is C17H17Br2NO7S. The molecule has 0 amide bonds. The molecule has 28 heavy (non-hydrogen) atoms. The van der Waals surface area contributed by atoms with Gasteiger partial charge in [0.1, 0.15) is 16.3 Å². The molecule has 0 radical (unpaired) electrons. The minimum Gasteiger partial charge on any atom is -0.469 e. The first kappa shape index (κ1) is 22.6. The molecule has 0 saturated carbocycles. The van der Waals surface area contributed by atoms with E-state index >= 15 is 0 Å². The number of nitrogens with one attached hydrogen (secondary N) is 1. The smallest absolute Gasteiger partial charge is 0.341 e. The summed E-state index contributed by atoms with van der Waals surface area (Å²) in [5.74, 6) is -1.24. The van der Waals surface area contributed by atoms with Crippen molar-refractivity contribution in [3.8, 4) is 0 Å². The Morgan fingerprint density at radius 2 is 1.89 bits per heavy atom. The molecule has 1 unspecified atom stereocenters. The van der Waals surface area contributed by atoms with E-state index in [1.807, 2.05) is 0 Å². The number of ether oxygens (including phenoxy) is 2. The molecule has 1 atom stereocenters. The number of furan rings is 1. The quantitative estimate of drug-likeness (QED) is 0.327. The predicted molar refractivity (Wildman–Crippen MR) is 107 cm³/mol. The van der Waals surface area contributed by atoms with Gasteiger partial charge in [0.25, 0.3) is 0 Å². The third-order valence-electron chi connectivity index (χ3n) is 3.69. The molecule has 0 bridgehead atoms. The summed E-state index contributed by atoms with van der Waals surface area (Å²) >= 11 is 6.28. The molecule has 11 heteroatoms. The Morgan fingerprint density at radius 3 is 2.50 bits per heavy atom. The monoisotopic (exact) mass is 537 g/mol. The third-order valence-corrected chi connectivity index (χ3v) is 6.55. The van der Waals surface area contributed by atoms with Gasteiger partial charge >= 0.3 is 11.9 Å². The van der Waals surface area contributed by atoms with Crippen molar-refractivity contribution in [1.29, 1.82) is 0 Å². The molecule has 0 aliphatic carbocycles. The van der Waals surface area contributed by atoms with Gasteiger partial charge in [-0.15, -0.1) is 0 Å². The molecule has 2 aromatic rings. The summed E-state index contributed by atoms with van der Waals surface area (Å²) in [6.07, 6.45) is -0.207. The zero-order chi connectivity index (χ0) is 21.1. The fourth-order valence-electron chi connectivity index (χ4n) is 2.42. The van der Waals surface area contributed by atoms with Crippen LogP contribution >= 0.6 is 31.9 Å². The molecule has 1 N–H and O–H groups in total. The summed E-state index contributed by atoms with van der Waals surface area (Å²) in [4.78, 5) is 22.4. The Morgan fingerprint density at radius 1 is 1.21 bits per heavy atom. The van der Waals surface area contributed by atoms with Gasteiger partial charge in [0.2, 0.25) is 10.0 Å². The number of carbonyl (C=O) groups excluding carboxylic acids is 2. The van der Waals surface area contributed by atoms with Crippen LogP contribution in [0.1, 0.15) is 32.2 Å². The molecule has 0 fully saturated rings. The van der Waals surface area contributed by atoms with Crippen molar-refractivity contribution < 1.29 is 31.9 Å². The average Bonchev–Trinajstić information content (AvgIpc) is 3.02. The van der Waals surface area contributed by atoms with Crippen LogP contribution in [0.15, 0.2) is 38.2 Å². The molecule has 152 valence electrons. The Balaban J connectivity index is 2.39. The van der Waals surface area contributed by atoms with Gasteiger partial charge in [-0.1, -0.05) is 33.6 Å². The van der Waals surface area contributed by atoms with E-state index in [-0.39, 0.29) is 32.9 Å². The standard InChI is InChI=1S/C17H17Br2NO7S/c1-9-4-5-12(10(6-9)7-14(21)25-2)28(23,24)20-16(19)15-11(17(22)26-3)8-13(18)27-15/h4-6,8,16,20H,7H2,1-3H3. The van der Waals surface area contributed by atoms with Gasteiger partial charge in [-0.2, -0.15) is 4.72 Å². The average molecular weight is 539 g/mol. The first-order valence-corrected chi connectivity index (χ1v) is 11.0. The molecule has 2 rings (SSSR count). The van der Waals surface area contributed by atoms with Crippen molar-refractivity contribution in [2.75, 3.05) is 14.2 Å². The van der Waals surface area contributed by atoms with Gasteiger partial charge in [0, 0.05) is 6.07 Å². The van der Waals surface area contributed by atoms with E-state index in [9.17, 15) is 18.0 Å². The molecule has 0 aliphatic rings. The first-order chi connectivity index (χ1) is 13.1.